The van der Waals surface area contributed by atoms with Gasteiger partial charge >= 0.3 is 0 Å². The van der Waals surface area contributed by atoms with Gasteiger partial charge in [-0.3, -0.25) is 0 Å². The van der Waals surface area contributed by atoms with Gasteiger partial charge in [-0.15, -0.1) is 0 Å². The molecule has 0 aliphatic rings. The molecule has 5 heteroatoms. The minimum atomic E-state index is 0.147. The second-order valence-corrected chi connectivity index (χ2v) is 4.48. The molecule has 3 nitrogen and oxygen atoms in total. The lowest BCUT2D eigenvalue weighted by Crippen LogP contribution is -1.87. The summed E-state index contributed by atoms with van der Waals surface area (Å²) in [6.45, 7) is 0. The first-order valence-corrected chi connectivity index (χ1v) is 5.16. The van der Waals surface area contributed by atoms with E-state index < -0.39 is 0 Å². The van der Waals surface area contributed by atoms with Crippen molar-refractivity contribution in [2.24, 2.45) is 5.16 Å². The van der Waals surface area contributed by atoms with Crippen molar-refractivity contribution >= 4 is 51.4 Å². The minimum Gasteiger partial charge on any atom is -0.506 e. The van der Waals surface area contributed by atoms with E-state index in [-0.39, 0.29) is 5.75 Å². The molecule has 0 aliphatic carbocycles. The molecule has 0 spiro atoms. The smallest absolute Gasteiger partial charge is 0.137 e. The van der Waals surface area contributed by atoms with Crippen LogP contribution in [0.3, 0.4) is 0 Å². The van der Waals surface area contributed by atoms with Crippen molar-refractivity contribution in [3.63, 3.8) is 0 Å². The Morgan fingerprint density at radius 1 is 1.33 bits per heavy atom. The van der Waals surface area contributed by atoms with Crippen LogP contribution in [0.1, 0.15) is 5.56 Å². The van der Waals surface area contributed by atoms with E-state index in [0.717, 1.165) is 7.14 Å². The van der Waals surface area contributed by atoms with Gasteiger partial charge in [0, 0.05) is 9.13 Å². The lowest BCUT2D eigenvalue weighted by Gasteiger charge is -2.01. The fourth-order valence-electron chi connectivity index (χ4n) is 0.746. The molecule has 0 saturated carbocycles. The molecule has 12 heavy (non-hydrogen) atoms. The molecule has 0 amide bonds. The van der Waals surface area contributed by atoms with Crippen LogP contribution < -0.4 is 0 Å². The molecule has 1 aromatic rings. The van der Waals surface area contributed by atoms with Crippen LogP contribution >= 0.6 is 45.2 Å². The van der Waals surface area contributed by atoms with Gasteiger partial charge in [-0.25, -0.2) is 0 Å². The van der Waals surface area contributed by atoms with E-state index in [0.29, 0.717) is 5.56 Å². The summed E-state index contributed by atoms with van der Waals surface area (Å²) in [5.41, 5.74) is 0.522. The number of nitrogens with zero attached hydrogens (tertiary/aromatic N) is 1. The van der Waals surface area contributed by atoms with Gasteiger partial charge in [-0.05, 0) is 57.3 Å². The van der Waals surface area contributed by atoms with Crippen molar-refractivity contribution < 1.29 is 10.3 Å². The molecule has 0 bridgehead atoms. The van der Waals surface area contributed by atoms with Gasteiger partial charge in [-0.2, -0.15) is 0 Å². The Morgan fingerprint density at radius 2 is 2.00 bits per heavy atom. The monoisotopic (exact) mass is 389 g/mol. The highest BCUT2D eigenvalue weighted by Crippen LogP contribution is 2.25. The van der Waals surface area contributed by atoms with Gasteiger partial charge in [0.25, 0.3) is 0 Å². The highest BCUT2D eigenvalue weighted by Gasteiger charge is 2.04. The number of phenolic OH excluding ortho intramolecular Hbond substituents is 1. The minimum absolute atomic E-state index is 0.147. The average molecular weight is 389 g/mol. The summed E-state index contributed by atoms with van der Waals surface area (Å²) in [6, 6.07) is 3.57. The van der Waals surface area contributed by atoms with Crippen LogP contribution in [-0.2, 0) is 0 Å². The predicted molar refractivity (Wildman–Crippen MR) is 62.9 cm³/mol. The van der Waals surface area contributed by atoms with Crippen LogP contribution in [0.4, 0.5) is 0 Å². The number of hydrogen-bond donors (Lipinski definition) is 2. The molecule has 0 aromatic heterocycles. The second-order valence-electron chi connectivity index (χ2n) is 2.07. The van der Waals surface area contributed by atoms with Gasteiger partial charge in [-0.1, -0.05) is 5.16 Å². The zero-order valence-corrected chi connectivity index (χ0v) is 10.1. The fraction of sp³-hybridized carbons (Fsp3) is 0. The number of aromatic hydroxyl groups is 1. The van der Waals surface area contributed by atoms with Crippen LogP contribution in [0.2, 0.25) is 0 Å². The van der Waals surface area contributed by atoms with Gasteiger partial charge in [0.15, 0.2) is 0 Å². The van der Waals surface area contributed by atoms with Crippen molar-refractivity contribution in [3.05, 3.63) is 24.8 Å². The third-order valence-corrected chi connectivity index (χ3v) is 2.70. The van der Waals surface area contributed by atoms with E-state index >= 15 is 0 Å². The van der Waals surface area contributed by atoms with Crippen molar-refractivity contribution in [2.75, 3.05) is 0 Å². The van der Waals surface area contributed by atoms with Crippen LogP contribution in [0, 0.1) is 7.14 Å². The average Bonchev–Trinajstić information content (AvgIpc) is 2.00. The van der Waals surface area contributed by atoms with Crippen molar-refractivity contribution in [2.45, 2.75) is 0 Å². The van der Waals surface area contributed by atoms with Crippen LogP contribution in [0.5, 0.6) is 5.75 Å². The largest absolute Gasteiger partial charge is 0.506 e. The molecule has 0 saturated heterocycles. The number of benzene rings is 1. The Morgan fingerprint density at radius 3 is 2.58 bits per heavy atom. The van der Waals surface area contributed by atoms with Crippen LogP contribution in [0.15, 0.2) is 17.3 Å². The SMILES string of the molecule is O/N=C/c1cc(I)cc(I)c1O. The second kappa shape index (κ2) is 4.26. The molecule has 0 aliphatic heterocycles. The number of phenols is 1. The van der Waals surface area contributed by atoms with Crippen molar-refractivity contribution in [1.29, 1.82) is 0 Å². The zero-order valence-electron chi connectivity index (χ0n) is 5.83. The lowest BCUT2D eigenvalue weighted by atomic mass is 10.2. The number of hydrogen-bond acceptors (Lipinski definition) is 3. The van der Waals surface area contributed by atoms with Gasteiger partial charge in [0.2, 0.25) is 0 Å². The number of oxime groups is 1. The van der Waals surface area contributed by atoms with E-state index in [1.807, 2.05) is 28.7 Å². The molecule has 0 radical (unpaired) electrons. The molecule has 64 valence electrons. The molecule has 0 heterocycles. The molecular formula is C7H5I2NO2. The molecule has 1 rings (SSSR count). The summed E-state index contributed by atoms with van der Waals surface area (Å²) >= 11 is 4.15. The first-order valence-electron chi connectivity index (χ1n) is 3.00. The van der Waals surface area contributed by atoms with E-state index in [1.165, 1.54) is 6.21 Å². The lowest BCUT2D eigenvalue weighted by molar-refractivity contribution is 0.321. The first kappa shape index (κ1) is 10.0. The highest BCUT2D eigenvalue weighted by atomic mass is 127. The van der Waals surface area contributed by atoms with E-state index in [4.69, 9.17) is 5.21 Å². The summed E-state index contributed by atoms with van der Waals surface area (Å²) in [7, 11) is 0. The zero-order chi connectivity index (χ0) is 9.14. The van der Waals surface area contributed by atoms with Gasteiger partial charge in [0.05, 0.1) is 9.78 Å². The standard InChI is InChI=1S/C7H5I2NO2/c8-5-1-4(3-10-12)7(11)6(9)2-5/h1-3,11-12H/b10-3+. The number of halogens is 2. The Bertz CT molecular complexity index is 325. The molecule has 0 fully saturated rings. The van der Waals surface area contributed by atoms with E-state index in [9.17, 15) is 5.11 Å². The summed E-state index contributed by atoms with van der Waals surface area (Å²) in [6.07, 6.45) is 1.21. The van der Waals surface area contributed by atoms with Gasteiger partial charge in [0.1, 0.15) is 5.75 Å². The maximum absolute atomic E-state index is 9.44. The Labute approximate surface area is 96.8 Å². The van der Waals surface area contributed by atoms with E-state index in [1.54, 1.807) is 6.07 Å². The third kappa shape index (κ3) is 2.22. The predicted octanol–water partition coefficient (Wildman–Crippen LogP) is 2.41. The van der Waals surface area contributed by atoms with Crippen molar-refractivity contribution in [1.82, 2.24) is 0 Å². The normalized spacial score (nSPS) is 10.8. The Kier molecular flexibility index (Phi) is 3.56. The summed E-state index contributed by atoms with van der Waals surface area (Å²) in [4.78, 5) is 0. The summed E-state index contributed by atoms with van der Waals surface area (Å²) in [5, 5.41) is 20.6. The quantitative estimate of drug-likeness (QED) is 0.336. The molecular weight excluding hydrogens is 384 g/mol. The fourth-order valence-corrected chi connectivity index (χ4v) is 2.64. The Balaban J connectivity index is 3.27. The topological polar surface area (TPSA) is 52.8 Å². The van der Waals surface area contributed by atoms with Crippen LogP contribution in [0.25, 0.3) is 0 Å². The summed E-state index contributed by atoms with van der Waals surface area (Å²) < 4.78 is 1.74. The third-order valence-electron chi connectivity index (χ3n) is 1.25. The maximum Gasteiger partial charge on any atom is 0.137 e. The van der Waals surface area contributed by atoms with Gasteiger partial charge < -0.3 is 10.3 Å². The molecule has 2 N–H and O–H groups in total. The number of rotatable bonds is 1. The molecule has 0 unspecified atom stereocenters. The Hall–Kier alpha value is -0.0500. The molecule has 1 aromatic carbocycles. The molecule has 0 atom stereocenters. The maximum atomic E-state index is 9.44. The first-order chi connectivity index (χ1) is 5.65. The van der Waals surface area contributed by atoms with Crippen LogP contribution in [-0.4, -0.2) is 16.5 Å². The highest BCUT2D eigenvalue weighted by molar-refractivity contribution is 14.1. The van der Waals surface area contributed by atoms with Crippen molar-refractivity contribution in [3.8, 4) is 5.75 Å². The van der Waals surface area contributed by atoms with E-state index in [2.05, 4.69) is 27.7 Å². The summed E-state index contributed by atoms with van der Waals surface area (Å²) in [5.74, 6) is 0.147.